The van der Waals surface area contributed by atoms with E-state index >= 15 is 0 Å². The normalized spacial score (nSPS) is 10.9. The molecule has 0 unspecified atom stereocenters. The summed E-state index contributed by atoms with van der Waals surface area (Å²) >= 11 is 5.84. The van der Waals surface area contributed by atoms with E-state index in [4.69, 9.17) is 25.2 Å². The summed E-state index contributed by atoms with van der Waals surface area (Å²) in [6.45, 7) is 2.32. The van der Waals surface area contributed by atoms with Crippen molar-refractivity contribution in [3.05, 3.63) is 77.6 Å². The summed E-state index contributed by atoms with van der Waals surface area (Å²) in [5, 5.41) is 3.54. The molecule has 0 fully saturated rings. The number of furan rings is 2. The number of halogens is 1. The quantitative estimate of drug-likeness (QED) is 0.522. The van der Waals surface area contributed by atoms with Gasteiger partial charge in [-0.25, -0.2) is 0 Å². The minimum atomic E-state index is -0.0529. The molecule has 0 saturated heterocycles. The molecule has 0 atom stereocenters. The number of hydrogen-bond donors (Lipinski definition) is 2. The van der Waals surface area contributed by atoms with E-state index in [0.717, 1.165) is 22.2 Å². The summed E-state index contributed by atoms with van der Waals surface area (Å²) in [6, 6.07) is 14.6. The molecule has 0 saturated carbocycles. The molecule has 2 aromatic heterocycles. The van der Waals surface area contributed by atoms with Gasteiger partial charge in [0.15, 0.2) is 18.1 Å². The van der Waals surface area contributed by atoms with E-state index in [0.29, 0.717) is 37.8 Å². The first-order chi connectivity index (χ1) is 13.2. The van der Waals surface area contributed by atoms with Crippen LogP contribution in [0.4, 0.5) is 0 Å². The molecule has 6 nitrogen and oxygen atoms in total. The van der Waals surface area contributed by atoms with Crippen molar-refractivity contribution in [3.8, 4) is 5.75 Å². The highest BCUT2D eigenvalue weighted by Gasteiger charge is 2.18. The van der Waals surface area contributed by atoms with Crippen molar-refractivity contribution < 1.29 is 23.3 Å². The first-order valence-electron chi connectivity index (χ1n) is 8.72. The molecule has 0 aliphatic carbocycles. The maximum Gasteiger partial charge on any atom is 0.275 e. The molecular weight excluding hydrogens is 368 g/mol. The summed E-state index contributed by atoms with van der Waals surface area (Å²) < 4.78 is 16.4. The summed E-state index contributed by atoms with van der Waals surface area (Å²) in [4.78, 5) is 13.3. The van der Waals surface area contributed by atoms with Crippen LogP contribution in [0.5, 0.6) is 5.75 Å². The number of ether oxygens (including phenoxy) is 1. The van der Waals surface area contributed by atoms with Gasteiger partial charge in [-0.05, 0) is 48.5 Å². The molecular formula is C20H22ClN2O4+. The van der Waals surface area contributed by atoms with E-state index in [9.17, 15) is 4.79 Å². The van der Waals surface area contributed by atoms with E-state index in [2.05, 4.69) is 5.32 Å². The Labute approximate surface area is 162 Å². The molecule has 0 bridgehead atoms. The van der Waals surface area contributed by atoms with Gasteiger partial charge < -0.3 is 23.8 Å². The second-order valence-corrected chi connectivity index (χ2v) is 6.53. The Bertz CT molecular complexity index is 765. The second kappa shape index (κ2) is 9.85. The Morgan fingerprint density at radius 2 is 1.63 bits per heavy atom. The maximum atomic E-state index is 12.3. The maximum absolute atomic E-state index is 12.3. The molecule has 142 valence electrons. The lowest BCUT2D eigenvalue weighted by atomic mass is 10.3. The molecule has 1 aromatic carbocycles. The number of benzene rings is 1. The van der Waals surface area contributed by atoms with Gasteiger partial charge in [0.05, 0.1) is 19.1 Å². The number of quaternary nitrogens is 1. The fourth-order valence-corrected chi connectivity index (χ4v) is 2.81. The SMILES string of the molecule is O=C(C[NH+](Cc1ccco1)Cc1ccco1)NCCOc1ccc(Cl)cc1. The molecule has 0 radical (unpaired) electrons. The van der Waals surface area contributed by atoms with E-state index < -0.39 is 0 Å². The third kappa shape index (κ3) is 6.51. The van der Waals surface area contributed by atoms with Crippen molar-refractivity contribution in [1.82, 2.24) is 5.32 Å². The van der Waals surface area contributed by atoms with Crippen molar-refractivity contribution >= 4 is 17.5 Å². The molecule has 2 heterocycles. The van der Waals surface area contributed by atoms with Crippen LogP contribution in [-0.2, 0) is 17.9 Å². The second-order valence-electron chi connectivity index (χ2n) is 6.09. The van der Waals surface area contributed by atoms with Crippen LogP contribution >= 0.6 is 11.6 Å². The van der Waals surface area contributed by atoms with Crippen molar-refractivity contribution in [3.63, 3.8) is 0 Å². The zero-order valence-corrected chi connectivity index (χ0v) is 15.6. The van der Waals surface area contributed by atoms with E-state index in [1.807, 2.05) is 24.3 Å². The lowest BCUT2D eigenvalue weighted by Crippen LogP contribution is -3.10. The lowest BCUT2D eigenvalue weighted by Gasteiger charge is -2.17. The number of amides is 1. The summed E-state index contributed by atoms with van der Waals surface area (Å²) in [5.74, 6) is 2.32. The minimum absolute atomic E-state index is 0.0529. The molecule has 3 rings (SSSR count). The predicted molar refractivity (Wildman–Crippen MR) is 101 cm³/mol. The van der Waals surface area contributed by atoms with Gasteiger partial charge in [0, 0.05) is 5.02 Å². The zero-order chi connectivity index (χ0) is 18.9. The predicted octanol–water partition coefficient (Wildman–Crippen LogP) is 2.31. The number of nitrogens with one attached hydrogen (secondary N) is 2. The topological polar surface area (TPSA) is 69.1 Å². The van der Waals surface area contributed by atoms with Gasteiger partial charge in [-0.1, -0.05) is 11.6 Å². The molecule has 3 aromatic rings. The molecule has 0 aliphatic heterocycles. The fraction of sp³-hybridized carbons (Fsp3) is 0.250. The number of carbonyl (C=O) groups is 1. The Morgan fingerprint density at radius 1 is 1.00 bits per heavy atom. The lowest BCUT2D eigenvalue weighted by molar-refractivity contribution is -0.921. The van der Waals surface area contributed by atoms with Gasteiger partial charge >= 0.3 is 0 Å². The van der Waals surface area contributed by atoms with Gasteiger partial charge in [-0.2, -0.15) is 0 Å². The Kier molecular flexibility index (Phi) is 6.96. The highest BCUT2D eigenvalue weighted by atomic mass is 35.5. The highest BCUT2D eigenvalue weighted by Crippen LogP contribution is 2.15. The fourth-order valence-electron chi connectivity index (χ4n) is 2.69. The molecule has 0 spiro atoms. The molecule has 0 aliphatic rings. The summed E-state index contributed by atoms with van der Waals surface area (Å²) in [7, 11) is 0. The molecule has 7 heteroatoms. The van der Waals surface area contributed by atoms with Crippen molar-refractivity contribution in [1.29, 1.82) is 0 Å². The Hall–Kier alpha value is -2.70. The average molecular weight is 390 g/mol. The summed E-state index contributed by atoms with van der Waals surface area (Å²) in [6.07, 6.45) is 3.27. The Morgan fingerprint density at radius 3 is 2.19 bits per heavy atom. The standard InChI is InChI=1S/C20H21ClN2O4/c21-16-5-7-17(8-6-16)27-12-9-22-20(24)15-23(13-18-3-1-10-25-18)14-19-4-2-11-26-19/h1-8,10-11H,9,12-15H2,(H,22,24)/p+1. The number of carbonyl (C=O) groups excluding carboxylic acids is 1. The average Bonchev–Trinajstić information content (AvgIpc) is 3.34. The van der Waals surface area contributed by atoms with Gasteiger partial charge in [-0.3, -0.25) is 4.79 Å². The van der Waals surface area contributed by atoms with Crippen molar-refractivity contribution in [2.75, 3.05) is 19.7 Å². The van der Waals surface area contributed by atoms with Crippen LogP contribution in [0, 0.1) is 0 Å². The van der Waals surface area contributed by atoms with Crippen LogP contribution < -0.4 is 15.0 Å². The minimum Gasteiger partial charge on any atom is -0.492 e. The molecule has 27 heavy (non-hydrogen) atoms. The van der Waals surface area contributed by atoms with Crippen LogP contribution in [0.1, 0.15) is 11.5 Å². The molecule has 1 amide bonds. The first-order valence-corrected chi connectivity index (χ1v) is 9.10. The third-order valence-electron chi connectivity index (χ3n) is 3.93. The van der Waals surface area contributed by atoms with Crippen LogP contribution in [0.25, 0.3) is 0 Å². The Balaban J connectivity index is 1.44. The van der Waals surface area contributed by atoms with E-state index in [1.54, 1.807) is 36.8 Å². The number of hydrogen-bond acceptors (Lipinski definition) is 4. The van der Waals surface area contributed by atoms with Crippen molar-refractivity contribution in [2.45, 2.75) is 13.1 Å². The van der Waals surface area contributed by atoms with Gasteiger partial charge in [0.1, 0.15) is 25.4 Å². The van der Waals surface area contributed by atoms with Gasteiger partial charge in [0.2, 0.25) is 0 Å². The zero-order valence-electron chi connectivity index (χ0n) is 14.8. The van der Waals surface area contributed by atoms with Crippen LogP contribution in [0.15, 0.2) is 69.9 Å². The van der Waals surface area contributed by atoms with Crippen LogP contribution in [0.3, 0.4) is 0 Å². The number of rotatable bonds is 10. The largest absolute Gasteiger partial charge is 0.492 e. The van der Waals surface area contributed by atoms with Crippen molar-refractivity contribution in [2.24, 2.45) is 0 Å². The van der Waals surface area contributed by atoms with Gasteiger partial charge in [0.25, 0.3) is 5.91 Å². The van der Waals surface area contributed by atoms with Crippen LogP contribution in [-0.4, -0.2) is 25.6 Å². The smallest absolute Gasteiger partial charge is 0.275 e. The third-order valence-corrected chi connectivity index (χ3v) is 4.18. The summed E-state index contributed by atoms with van der Waals surface area (Å²) in [5.41, 5.74) is 0. The van der Waals surface area contributed by atoms with E-state index in [-0.39, 0.29) is 5.91 Å². The monoisotopic (exact) mass is 389 g/mol. The van der Waals surface area contributed by atoms with Crippen LogP contribution in [0.2, 0.25) is 5.02 Å². The first kappa shape index (κ1) is 19.1. The van der Waals surface area contributed by atoms with E-state index in [1.165, 1.54) is 0 Å². The molecule has 2 N–H and O–H groups in total. The highest BCUT2D eigenvalue weighted by molar-refractivity contribution is 6.30. The van der Waals surface area contributed by atoms with Gasteiger partial charge in [-0.15, -0.1) is 0 Å².